The molecule has 26 heavy (non-hydrogen) atoms. The van der Waals surface area contributed by atoms with E-state index in [-0.39, 0.29) is 12.2 Å². The monoisotopic (exact) mass is 354 g/mol. The van der Waals surface area contributed by atoms with E-state index in [1.54, 1.807) is 12.1 Å². The van der Waals surface area contributed by atoms with Gasteiger partial charge in [0, 0.05) is 36.9 Å². The summed E-state index contributed by atoms with van der Waals surface area (Å²) in [6, 6.07) is 14.5. The Morgan fingerprint density at radius 2 is 1.85 bits per heavy atom. The van der Waals surface area contributed by atoms with Crippen LogP contribution in [0.15, 0.2) is 42.5 Å². The molecule has 2 heterocycles. The van der Waals surface area contributed by atoms with E-state index in [4.69, 9.17) is 4.74 Å². The maximum Gasteiger partial charge on any atom is 0.115 e. The van der Waals surface area contributed by atoms with Gasteiger partial charge in [-0.05, 0) is 48.4 Å². The molecular weight excluding hydrogens is 328 g/mol. The number of aryl methyl sites for hydroxylation is 1. The van der Waals surface area contributed by atoms with Crippen LogP contribution in [0.2, 0.25) is 0 Å². The van der Waals surface area contributed by atoms with Gasteiger partial charge in [-0.25, -0.2) is 10.9 Å². The summed E-state index contributed by atoms with van der Waals surface area (Å²) in [6.07, 6.45) is 1.08. The minimum Gasteiger partial charge on any atom is -0.508 e. The van der Waals surface area contributed by atoms with Gasteiger partial charge in [-0.15, -0.1) is 0 Å². The van der Waals surface area contributed by atoms with E-state index in [9.17, 15) is 5.11 Å². The van der Waals surface area contributed by atoms with Crippen LogP contribution in [0.3, 0.4) is 0 Å². The molecule has 0 spiro atoms. The van der Waals surface area contributed by atoms with Crippen LogP contribution in [-0.2, 0) is 4.74 Å². The summed E-state index contributed by atoms with van der Waals surface area (Å²) in [5.41, 5.74) is 11.3. The number of morpholine rings is 1. The summed E-state index contributed by atoms with van der Waals surface area (Å²) in [5, 5.41) is 13.0. The van der Waals surface area contributed by atoms with Crippen molar-refractivity contribution in [2.75, 3.05) is 36.5 Å². The zero-order chi connectivity index (χ0) is 17.9. The minimum absolute atomic E-state index is 0.141. The smallest absolute Gasteiger partial charge is 0.115 e. The maximum atomic E-state index is 9.54. The molecular formula is C20H26N4O2. The first-order chi connectivity index (χ1) is 12.7. The first-order valence-corrected chi connectivity index (χ1v) is 9.19. The Balaban J connectivity index is 1.37. The van der Waals surface area contributed by atoms with E-state index >= 15 is 0 Å². The molecule has 0 amide bonds. The van der Waals surface area contributed by atoms with Gasteiger partial charge in [0.15, 0.2) is 0 Å². The highest BCUT2D eigenvalue weighted by Gasteiger charge is 2.25. The third kappa shape index (κ3) is 3.77. The molecule has 138 valence electrons. The summed E-state index contributed by atoms with van der Waals surface area (Å²) < 4.78 is 5.42. The standard InChI is InChI=1S/C20H26N4O2/c1-14-12-17(25)6-7-18(14)21-20-13-19(22-23-20)15-2-4-16(5-3-15)24-8-10-26-11-9-24/h2-7,12,19-23,25H,8-11,13H2,1H3. The summed E-state index contributed by atoms with van der Waals surface area (Å²) in [4.78, 5) is 2.37. The van der Waals surface area contributed by atoms with Gasteiger partial charge in [0.2, 0.25) is 0 Å². The van der Waals surface area contributed by atoms with Crippen molar-refractivity contribution in [2.24, 2.45) is 0 Å². The Morgan fingerprint density at radius 1 is 1.08 bits per heavy atom. The number of benzene rings is 2. The largest absolute Gasteiger partial charge is 0.508 e. The van der Waals surface area contributed by atoms with E-state index in [2.05, 4.69) is 45.3 Å². The molecule has 2 aromatic carbocycles. The van der Waals surface area contributed by atoms with Gasteiger partial charge in [0.05, 0.1) is 19.4 Å². The quantitative estimate of drug-likeness (QED) is 0.633. The molecule has 2 unspecified atom stereocenters. The predicted molar refractivity (Wildman–Crippen MR) is 103 cm³/mol. The van der Waals surface area contributed by atoms with Crippen LogP contribution in [0.4, 0.5) is 11.4 Å². The lowest BCUT2D eigenvalue weighted by Gasteiger charge is -2.29. The van der Waals surface area contributed by atoms with Crippen molar-refractivity contribution in [1.82, 2.24) is 10.9 Å². The Hall–Kier alpha value is -2.28. The van der Waals surface area contributed by atoms with Gasteiger partial charge >= 0.3 is 0 Å². The van der Waals surface area contributed by atoms with E-state index < -0.39 is 0 Å². The average Bonchev–Trinajstić information content (AvgIpc) is 3.14. The zero-order valence-corrected chi connectivity index (χ0v) is 15.0. The summed E-state index contributed by atoms with van der Waals surface area (Å²) in [7, 11) is 0. The number of hydrogen-bond donors (Lipinski definition) is 4. The van der Waals surface area contributed by atoms with Crippen molar-refractivity contribution < 1.29 is 9.84 Å². The highest BCUT2D eigenvalue weighted by Crippen LogP contribution is 2.27. The van der Waals surface area contributed by atoms with Crippen molar-refractivity contribution in [3.63, 3.8) is 0 Å². The molecule has 2 aliphatic rings. The van der Waals surface area contributed by atoms with Crippen molar-refractivity contribution in [2.45, 2.75) is 25.6 Å². The lowest BCUT2D eigenvalue weighted by atomic mass is 10.0. The van der Waals surface area contributed by atoms with E-state index in [0.29, 0.717) is 5.75 Å². The molecule has 0 saturated carbocycles. The van der Waals surface area contributed by atoms with E-state index in [1.807, 2.05) is 13.0 Å². The van der Waals surface area contributed by atoms with Crippen LogP contribution in [-0.4, -0.2) is 37.6 Å². The zero-order valence-electron chi connectivity index (χ0n) is 15.0. The van der Waals surface area contributed by atoms with Gasteiger partial charge in [-0.2, -0.15) is 0 Å². The first-order valence-electron chi connectivity index (χ1n) is 9.19. The van der Waals surface area contributed by atoms with Crippen LogP contribution >= 0.6 is 0 Å². The molecule has 4 rings (SSSR count). The second kappa shape index (κ2) is 7.53. The first kappa shape index (κ1) is 17.1. The maximum absolute atomic E-state index is 9.54. The van der Waals surface area contributed by atoms with Gasteiger partial charge in [0.1, 0.15) is 5.75 Å². The number of phenolic OH excluding ortho intramolecular Hbond substituents is 1. The normalized spacial score (nSPS) is 23.2. The Labute approximate surface area is 154 Å². The summed E-state index contributed by atoms with van der Waals surface area (Å²) in [6.45, 7) is 5.52. The third-order valence-electron chi connectivity index (χ3n) is 5.11. The summed E-state index contributed by atoms with van der Waals surface area (Å²) in [5.74, 6) is 0.295. The van der Waals surface area contributed by atoms with Crippen molar-refractivity contribution in [3.05, 3.63) is 53.6 Å². The fraction of sp³-hybridized carbons (Fsp3) is 0.400. The number of nitrogens with zero attached hydrogens (tertiary/aromatic N) is 1. The lowest BCUT2D eigenvalue weighted by molar-refractivity contribution is 0.122. The number of hydrogen-bond acceptors (Lipinski definition) is 6. The van der Waals surface area contributed by atoms with Gasteiger partial charge in [-0.1, -0.05) is 12.1 Å². The number of ether oxygens (including phenoxy) is 1. The van der Waals surface area contributed by atoms with Gasteiger partial charge < -0.3 is 20.1 Å². The Kier molecular flexibility index (Phi) is 4.97. The predicted octanol–water partition coefficient (Wildman–Crippen LogP) is 2.51. The van der Waals surface area contributed by atoms with E-state index in [1.165, 1.54) is 11.3 Å². The van der Waals surface area contributed by atoms with Crippen molar-refractivity contribution >= 4 is 11.4 Å². The van der Waals surface area contributed by atoms with Crippen LogP contribution < -0.4 is 21.1 Å². The average molecular weight is 354 g/mol. The molecule has 0 radical (unpaired) electrons. The SMILES string of the molecule is Cc1cc(O)ccc1NC1CC(c2ccc(N3CCOCC3)cc2)NN1. The Morgan fingerprint density at radius 3 is 2.58 bits per heavy atom. The molecule has 0 aliphatic carbocycles. The van der Waals surface area contributed by atoms with Crippen LogP contribution in [0.25, 0.3) is 0 Å². The van der Waals surface area contributed by atoms with Gasteiger partial charge in [-0.3, -0.25) is 0 Å². The Bertz CT molecular complexity index is 744. The van der Waals surface area contributed by atoms with Crippen LogP contribution in [0.1, 0.15) is 23.6 Å². The number of anilines is 2. The molecule has 0 bridgehead atoms. The van der Waals surface area contributed by atoms with Crippen LogP contribution in [0.5, 0.6) is 5.75 Å². The number of phenols is 1. The fourth-order valence-corrected chi connectivity index (χ4v) is 3.61. The lowest BCUT2D eigenvalue weighted by Crippen LogP contribution is -2.36. The number of rotatable bonds is 4. The van der Waals surface area contributed by atoms with Gasteiger partial charge in [0.25, 0.3) is 0 Å². The van der Waals surface area contributed by atoms with E-state index in [0.717, 1.165) is 44.0 Å². The molecule has 2 atom stereocenters. The van der Waals surface area contributed by atoms with Crippen molar-refractivity contribution in [1.29, 1.82) is 0 Å². The molecule has 4 N–H and O–H groups in total. The highest BCUT2D eigenvalue weighted by atomic mass is 16.5. The molecule has 2 aliphatic heterocycles. The molecule has 2 aromatic rings. The number of hydrazine groups is 1. The summed E-state index contributed by atoms with van der Waals surface area (Å²) >= 11 is 0. The third-order valence-corrected chi connectivity index (χ3v) is 5.11. The second-order valence-electron chi connectivity index (χ2n) is 6.96. The minimum atomic E-state index is 0.141. The molecule has 6 heteroatoms. The molecule has 0 aromatic heterocycles. The van der Waals surface area contributed by atoms with Crippen LogP contribution in [0, 0.1) is 6.92 Å². The second-order valence-corrected chi connectivity index (χ2v) is 6.96. The topological polar surface area (TPSA) is 68.8 Å². The fourth-order valence-electron chi connectivity index (χ4n) is 3.61. The van der Waals surface area contributed by atoms with Crippen molar-refractivity contribution in [3.8, 4) is 5.75 Å². The number of aromatic hydroxyl groups is 1. The number of nitrogens with one attached hydrogen (secondary N) is 3. The highest BCUT2D eigenvalue weighted by molar-refractivity contribution is 5.54. The molecule has 6 nitrogen and oxygen atoms in total. The molecule has 2 fully saturated rings. The molecule has 2 saturated heterocycles.